The summed E-state index contributed by atoms with van der Waals surface area (Å²) in [6, 6.07) is 7.66. The van der Waals surface area contributed by atoms with E-state index in [2.05, 4.69) is 22.5 Å². The summed E-state index contributed by atoms with van der Waals surface area (Å²) in [6.45, 7) is 2.25. The third-order valence-electron chi connectivity index (χ3n) is 4.03. The van der Waals surface area contributed by atoms with Crippen molar-refractivity contribution in [2.45, 2.75) is 45.1 Å². The van der Waals surface area contributed by atoms with Crippen molar-refractivity contribution in [2.24, 2.45) is 10.9 Å². The summed E-state index contributed by atoms with van der Waals surface area (Å²) >= 11 is 5.86. The van der Waals surface area contributed by atoms with Crippen LogP contribution in [0.3, 0.4) is 0 Å². The Morgan fingerprint density at radius 2 is 2.05 bits per heavy atom. The van der Waals surface area contributed by atoms with Crippen LogP contribution in [0.5, 0.6) is 0 Å². The molecule has 0 bridgehead atoms. The van der Waals surface area contributed by atoms with E-state index in [0.717, 1.165) is 18.5 Å². The van der Waals surface area contributed by atoms with Crippen LogP contribution < -0.4 is 10.6 Å². The van der Waals surface area contributed by atoms with Gasteiger partial charge < -0.3 is 10.6 Å². The minimum atomic E-state index is 0.0289. The van der Waals surface area contributed by atoms with Crippen molar-refractivity contribution in [2.75, 3.05) is 12.4 Å². The number of benzene rings is 1. The normalized spacial score (nSPS) is 22.2. The Hall–Kier alpha value is -1.55. The first-order valence-corrected chi connectivity index (χ1v) is 8.22. The van der Waals surface area contributed by atoms with Gasteiger partial charge in [-0.25, -0.2) is 0 Å². The number of aliphatic imine (C=N–C) groups is 1. The van der Waals surface area contributed by atoms with Gasteiger partial charge >= 0.3 is 0 Å². The summed E-state index contributed by atoms with van der Waals surface area (Å²) in [5.74, 6) is 1.38. The van der Waals surface area contributed by atoms with Crippen LogP contribution in [0, 0.1) is 5.92 Å². The molecule has 2 unspecified atom stereocenters. The van der Waals surface area contributed by atoms with Crippen molar-refractivity contribution >= 4 is 29.0 Å². The molecule has 120 valence electrons. The Bertz CT molecular complexity index is 527. The number of rotatable bonds is 4. The van der Waals surface area contributed by atoms with E-state index >= 15 is 0 Å². The molecule has 2 atom stereocenters. The topological polar surface area (TPSA) is 53.5 Å². The number of hydrogen-bond donors (Lipinski definition) is 2. The van der Waals surface area contributed by atoms with E-state index in [1.54, 1.807) is 19.2 Å². The molecule has 0 spiro atoms. The predicted molar refractivity (Wildman–Crippen MR) is 92.6 cm³/mol. The lowest BCUT2D eigenvalue weighted by molar-refractivity contribution is -0.120. The highest BCUT2D eigenvalue weighted by molar-refractivity contribution is 6.30. The molecule has 1 amide bonds. The molecule has 0 aliphatic heterocycles. The van der Waals surface area contributed by atoms with Gasteiger partial charge in [-0.1, -0.05) is 31.4 Å². The van der Waals surface area contributed by atoms with Gasteiger partial charge in [0.2, 0.25) is 5.91 Å². The molecular weight excluding hydrogens is 298 g/mol. The third kappa shape index (κ3) is 5.34. The Morgan fingerprint density at radius 3 is 2.68 bits per heavy atom. The largest absolute Gasteiger partial charge is 0.353 e. The second-order valence-electron chi connectivity index (χ2n) is 6.02. The van der Waals surface area contributed by atoms with E-state index in [9.17, 15) is 4.79 Å². The van der Waals surface area contributed by atoms with Crippen LogP contribution in [0.1, 0.15) is 39.0 Å². The molecule has 5 heteroatoms. The molecule has 1 aromatic carbocycles. The first-order chi connectivity index (χ1) is 10.6. The summed E-state index contributed by atoms with van der Waals surface area (Å²) in [5.41, 5.74) is 0.879. The van der Waals surface area contributed by atoms with Gasteiger partial charge in [-0.2, -0.15) is 0 Å². The second-order valence-corrected chi connectivity index (χ2v) is 6.45. The van der Waals surface area contributed by atoms with Crippen LogP contribution in [-0.2, 0) is 4.79 Å². The standard InChI is InChI=1S/C17H24ClN3O/c1-12-4-3-5-15(10-12)21-17(22)11-16(19-2)20-14-8-6-13(18)7-9-14/h6-9,12,15H,3-5,10-11H2,1-2H3,(H,19,20)(H,21,22). The highest BCUT2D eigenvalue weighted by Crippen LogP contribution is 2.23. The number of amidine groups is 1. The highest BCUT2D eigenvalue weighted by atomic mass is 35.5. The fourth-order valence-electron chi connectivity index (χ4n) is 2.87. The zero-order valence-electron chi connectivity index (χ0n) is 13.2. The minimum absolute atomic E-state index is 0.0289. The average molecular weight is 322 g/mol. The van der Waals surface area contributed by atoms with E-state index in [1.165, 1.54) is 12.8 Å². The summed E-state index contributed by atoms with van der Waals surface area (Å²) in [4.78, 5) is 16.3. The molecule has 1 aliphatic rings. The zero-order chi connectivity index (χ0) is 15.9. The fraction of sp³-hybridized carbons (Fsp3) is 0.529. The number of carbonyl (C=O) groups excluding carboxylic acids is 1. The summed E-state index contributed by atoms with van der Waals surface area (Å²) in [5, 5.41) is 6.98. The van der Waals surface area contributed by atoms with Gasteiger partial charge in [0, 0.05) is 23.8 Å². The fourth-order valence-corrected chi connectivity index (χ4v) is 3.00. The number of amides is 1. The van der Waals surface area contributed by atoms with Gasteiger partial charge in [-0.15, -0.1) is 0 Å². The smallest absolute Gasteiger partial charge is 0.227 e. The van der Waals surface area contributed by atoms with E-state index < -0.39 is 0 Å². The molecule has 0 radical (unpaired) electrons. The minimum Gasteiger partial charge on any atom is -0.353 e. The molecule has 1 saturated carbocycles. The van der Waals surface area contributed by atoms with Crippen molar-refractivity contribution < 1.29 is 4.79 Å². The van der Waals surface area contributed by atoms with Gasteiger partial charge in [0.1, 0.15) is 5.84 Å². The zero-order valence-corrected chi connectivity index (χ0v) is 14.0. The van der Waals surface area contributed by atoms with E-state index in [4.69, 9.17) is 11.6 Å². The van der Waals surface area contributed by atoms with Crippen molar-refractivity contribution in [3.8, 4) is 0 Å². The molecule has 0 heterocycles. The number of hydrogen-bond acceptors (Lipinski definition) is 2. The number of carbonyl (C=O) groups is 1. The third-order valence-corrected chi connectivity index (χ3v) is 4.28. The predicted octanol–water partition coefficient (Wildman–Crippen LogP) is 3.87. The Balaban J connectivity index is 1.84. The van der Waals surface area contributed by atoms with Crippen LogP contribution in [0.4, 0.5) is 5.69 Å². The number of nitrogens with one attached hydrogen (secondary N) is 2. The van der Waals surface area contributed by atoms with Gasteiger partial charge in [-0.3, -0.25) is 9.79 Å². The molecule has 0 saturated heterocycles. The maximum Gasteiger partial charge on any atom is 0.227 e. The summed E-state index contributed by atoms with van der Waals surface area (Å²) < 4.78 is 0. The lowest BCUT2D eigenvalue weighted by atomic mass is 9.87. The van der Waals surface area contributed by atoms with Crippen molar-refractivity contribution in [3.05, 3.63) is 29.3 Å². The van der Waals surface area contributed by atoms with Crippen molar-refractivity contribution in [1.29, 1.82) is 0 Å². The molecule has 4 nitrogen and oxygen atoms in total. The molecule has 2 N–H and O–H groups in total. The first kappa shape index (κ1) is 16.8. The molecule has 1 aliphatic carbocycles. The molecule has 2 rings (SSSR count). The van der Waals surface area contributed by atoms with Crippen molar-refractivity contribution in [1.82, 2.24) is 5.32 Å². The van der Waals surface area contributed by atoms with Crippen LogP contribution in [0.25, 0.3) is 0 Å². The summed E-state index contributed by atoms with van der Waals surface area (Å²) in [7, 11) is 1.69. The molecule has 1 aromatic rings. The SMILES string of the molecule is CN=C(CC(=O)NC1CCCC(C)C1)Nc1ccc(Cl)cc1. The Kier molecular flexibility index (Phi) is 6.25. The second kappa shape index (κ2) is 8.18. The molecule has 0 aromatic heterocycles. The van der Waals surface area contributed by atoms with Crippen LogP contribution >= 0.6 is 11.6 Å². The number of nitrogens with zero attached hydrogens (tertiary/aromatic N) is 1. The lowest BCUT2D eigenvalue weighted by Crippen LogP contribution is -2.39. The number of halogens is 1. The van der Waals surface area contributed by atoms with Crippen molar-refractivity contribution in [3.63, 3.8) is 0 Å². The quantitative estimate of drug-likeness (QED) is 0.653. The monoisotopic (exact) mass is 321 g/mol. The van der Waals surface area contributed by atoms with Crippen LogP contribution in [0.15, 0.2) is 29.3 Å². The Morgan fingerprint density at radius 1 is 1.32 bits per heavy atom. The van der Waals surface area contributed by atoms with Gasteiger partial charge in [0.25, 0.3) is 0 Å². The van der Waals surface area contributed by atoms with E-state index in [0.29, 0.717) is 22.8 Å². The van der Waals surface area contributed by atoms with Gasteiger partial charge in [0.15, 0.2) is 0 Å². The van der Waals surface area contributed by atoms with E-state index in [-0.39, 0.29) is 12.3 Å². The van der Waals surface area contributed by atoms with Crippen LogP contribution in [0.2, 0.25) is 5.02 Å². The molecule has 1 fully saturated rings. The maximum absolute atomic E-state index is 12.2. The Labute approximate surface area is 137 Å². The summed E-state index contributed by atoms with van der Waals surface area (Å²) in [6.07, 6.45) is 4.90. The first-order valence-electron chi connectivity index (χ1n) is 7.84. The highest BCUT2D eigenvalue weighted by Gasteiger charge is 2.20. The average Bonchev–Trinajstić information content (AvgIpc) is 2.48. The number of anilines is 1. The maximum atomic E-state index is 12.2. The van der Waals surface area contributed by atoms with Gasteiger partial charge in [0.05, 0.1) is 6.42 Å². The molecule has 22 heavy (non-hydrogen) atoms. The lowest BCUT2D eigenvalue weighted by Gasteiger charge is -2.27. The van der Waals surface area contributed by atoms with E-state index in [1.807, 2.05) is 12.1 Å². The molecular formula is C17H24ClN3O. The van der Waals surface area contributed by atoms with Crippen LogP contribution in [-0.4, -0.2) is 24.8 Å². The van der Waals surface area contributed by atoms with Gasteiger partial charge in [-0.05, 0) is 43.0 Å².